The van der Waals surface area contributed by atoms with Crippen molar-refractivity contribution in [3.63, 3.8) is 0 Å². The third-order valence-corrected chi connectivity index (χ3v) is 6.39. The smallest absolute Gasteiger partial charge is 0.331 e. The van der Waals surface area contributed by atoms with Gasteiger partial charge < -0.3 is 9.30 Å². The van der Waals surface area contributed by atoms with E-state index in [2.05, 4.69) is 4.98 Å². The van der Waals surface area contributed by atoms with Crippen LogP contribution in [-0.2, 0) is 25.4 Å². The average Bonchev–Trinajstić information content (AvgIpc) is 3.42. The van der Waals surface area contributed by atoms with E-state index in [-0.39, 0.29) is 16.7 Å². The van der Waals surface area contributed by atoms with Crippen LogP contribution in [0, 0.1) is 11.3 Å². The fourth-order valence-corrected chi connectivity index (χ4v) is 4.59. The Bertz CT molecular complexity index is 1230. The maximum absolute atomic E-state index is 12.4. The minimum absolute atomic E-state index is 0.0717. The van der Waals surface area contributed by atoms with E-state index in [4.69, 9.17) is 4.74 Å². The van der Waals surface area contributed by atoms with Gasteiger partial charge in [0.15, 0.2) is 5.16 Å². The molecule has 3 heterocycles. The van der Waals surface area contributed by atoms with Crippen LogP contribution in [-0.4, -0.2) is 31.4 Å². The molecular weight excluding hydrogens is 402 g/mol. The van der Waals surface area contributed by atoms with Crippen LogP contribution in [0.4, 0.5) is 0 Å². The van der Waals surface area contributed by atoms with Crippen molar-refractivity contribution < 1.29 is 4.74 Å². The number of benzene rings is 1. The molecule has 0 aliphatic carbocycles. The van der Waals surface area contributed by atoms with Crippen LogP contribution >= 0.6 is 11.8 Å². The van der Waals surface area contributed by atoms with Crippen molar-refractivity contribution in [1.29, 1.82) is 5.26 Å². The largest absolute Gasteiger partial charge is 0.376 e. The van der Waals surface area contributed by atoms with E-state index < -0.39 is 11.2 Å². The SMILES string of the molecule is Cn1c(Sc2ncc(-c3ccccc3)n2CC2CCCO2)c(C#N)c(=O)n(C)c1=O. The van der Waals surface area contributed by atoms with Crippen molar-refractivity contribution >= 4 is 11.8 Å². The highest BCUT2D eigenvalue weighted by atomic mass is 32.2. The van der Waals surface area contributed by atoms with Gasteiger partial charge in [-0.3, -0.25) is 13.9 Å². The molecule has 0 spiro atoms. The highest BCUT2D eigenvalue weighted by Crippen LogP contribution is 2.32. The predicted molar refractivity (Wildman–Crippen MR) is 112 cm³/mol. The van der Waals surface area contributed by atoms with Gasteiger partial charge in [0.2, 0.25) is 0 Å². The Morgan fingerprint density at radius 1 is 1.23 bits per heavy atom. The van der Waals surface area contributed by atoms with Gasteiger partial charge in [-0.25, -0.2) is 9.78 Å². The van der Waals surface area contributed by atoms with E-state index in [0.29, 0.717) is 11.7 Å². The molecule has 1 fully saturated rings. The summed E-state index contributed by atoms with van der Waals surface area (Å²) in [5.41, 5.74) is 0.761. The van der Waals surface area contributed by atoms with Crippen molar-refractivity contribution in [1.82, 2.24) is 18.7 Å². The first-order valence-electron chi connectivity index (χ1n) is 9.61. The van der Waals surface area contributed by atoms with E-state index in [0.717, 1.165) is 47.0 Å². The second kappa shape index (κ2) is 8.34. The lowest BCUT2D eigenvalue weighted by Crippen LogP contribution is -2.39. The number of hydrogen-bond donors (Lipinski definition) is 0. The van der Waals surface area contributed by atoms with Gasteiger partial charge in [-0.1, -0.05) is 30.3 Å². The van der Waals surface area contributed by atoms with Crippen molar-refractivity contribution in [2.75, 3.05) is 6.61 Å². The molecule has 0 saturated carbocycles. The van der Waals surface area contributed by atoms with E-state index in [1.54, 1.807) is 13.2 Å². The molecule has 0 N–H and O–H groups in total. The standard InChI is InChI=1S/C21H21N5O3S/c1-24-18(27)16(11-22)19(25(2)21(24)28)30-20-23-12-17(14-7-4-3-5-8-14)26(20)13-15-9-6-10-29-15/h3-5,7-8,12,15H,6,9-10,13H2,1-2H3. The Hall–Kier alpha value is -3.09. The van der Waals surface area contributed by atoms with Crippen molar-refractivity contribution in [2.24, 2.45) is 14.1 Å². The number of ether oxygens (including phenoxy) is 1. The first kappa shape index (κ1) is 20.2. The molecule has 8 nitrogen and oxygen atoms in total. The Kier molecular flexibility index (Phi) is 5.61. The second-order valence-corrected chi connectivity index (χ2v) is 8.09. The predicted octanol–water partition coefficient (Wildman–Crippen LogP) is 2.15. The fourth-order valence-electron chi connectivity index (χ4n) is 3.58. The molecule has 0 radical (unpaired) electrons. The summed E-state index contributed by atoms with van der Waals surface area (Å²) in [4.78, 5) is 29.4. The van der Waals surface area contributed by atoms with Gasteiger partial charge in [-0.2, -0.15) is 5.26 Å². The Balaban J connectivity index is 1.83. The molecule has 1 aliphatic rings. The zero-order valence-corrected chi connectivity index (χ0v) is 17.6. The minimum atomic E-state index is -0.608. The van der Waals surface area contributed by atoms with Gasteiger partial charge in [0.25, 0.3) is 5.56 Å². The van der Waals surface area contributed by atoms with Crippen LogP contribution in [0.25, 0.3) is 11.3 Å². The topological polar surface area (TPSA) is 94.8 Å². The molecule has 3 aromatic rings. The third-order valence-electron chi connectivity index (χ3n) is 5.21. The highest BCUT2D eigenvalue weighted by molar-refractivity contribution is 7.99. The number of hydrogen-bond acceptors (Lipinski definition) is 6. The number of aromatic nitrogens is 4. The summed E-state index contributed by atoms with van der Waals surface area (Å²) in [5.74, 6) is 0. The highest BCUT2D eigenvalue weighted by Gasteiger charge is 2.23. The summed E-state index contributed by atoms with van der Waals surface area (Å²) in [5, 5.41) is 10.4. The van der Waals surface area contributed by atoms with Gasteiger partial charge in [-0.05, 0) is 30.2 Å². The second-order valence-electron chi connectivity index (χ2n) is 7.14. The fraction of sp³-hybridized carbons (Fsp3) is 0.333. The molecule has 0 bridgehead atoms. The lowest BCUT2D eigenvalue weighted by molar-refractivity contribution is 0.0954. The maximum atomic E-state index is 12.4. The number of nitrogens with zero attached hydrogens (tertiary/aromatic N) is 5. The summed E-state index contributed by atoms with van der Waals surface area (Å²) in [6.45, 7) is 1.34. The summed E-state index contributed by atoms with van der Waals surface area (Å²) in [6, 6.07) is 11.8. The molecule has 1 saturated heterocycles. The van der Waals surface area contributed by atoms with Gasteiger partial charge in [0.1, 0.15) is 16.7 Å². The summed E-state index contributed by atoms with van der Waals surface area (Å²) >= 11 is 1.15. The van der Waals surface area contributed by atoms with Crippen LogP contribution in [0.2, 0.25) is 0 Å². The Morgan fingerprint density at radius 3 is 2.67 bits per heavy atom. The minimum Gasteiger partial charge on any atom is -0.376 e. The quantitative estimate of drug-likeness (QED) is 0.584. The van der Waals surface area contributed by atoms with E-state index >= 15 is 0 Å². The number of rotatable bonds is 5. The summed E-state index contributed by atoms with van der Waals surface area (Å²) in [6.07, 6.45) is 3.83. The molecule has 1 atom stereocenters. The van der Waals surface area contributed by atoms with Gasteiger partial charge in [-0.15, -0.1) is 0 Å². The molecule has 2 aromatic heterocycles. The maximum Gasteiger partial charge on any atom is 0.331 e. The number of imidazole rings is 1. The van der Waals surface area contributed by atoms with Gasteiger partial charge >= 0.3 is 5.69 Å². The van der Waals surface area contributed by atoms with Crippen molar-refractivity contribution in [3.8, 4) is 17.3 Å². The van der Waals surface area contributed by atoms with Gasteiger partial charge in [0, 0.05) is 20.7 Å². The summed E-state index contributed by atoms with van der Waals surface area (Å²) < 4.78 is 10.1. The molecule has 0 amide bonds. The number of nitriles is 1. The first-order valence-corrected chi connectivity index (χ1v) is 10.4. The lowest BCUT2D eigenvalue weighted by atomic mass is 10.1. The van der Waals surface area contributed by atoms with Crippen molar-refractivity contribution in [3.05, 3.63) is 62.9 Å². The first-order chi connectivity index (χ1) is 14.5. The third kappa shape index (κ3) is 3.60. The normalized spacial score (nSPS) is 16.0. The van der Waals surface area contributed by atoms with E-state index in [9.17, 15) is 14.9 Å². The summed E-state index contributed by atoms with van der Waals surface area (Å²) in [7, 11) is 2.92. The molecule has 1 unspecified atom stereocenters. The molecule has 1 aromatic carbocycles. The lowest BCUT2D eigenvalue weighted by Gasteiger charge is -2.17. The Labute approximate surface area is 177 Å². The van der Waals surface area contributed by atoms with E-state index in [1.807, 2.05) is 41.0 Å². The van der Waals surface area contributed by atoms with Crippen LogP contribution in [0.5, 0.6) is 0 Å². The molecule has 154 valence electrons. The van der Waals surface area contributed by atoms with Crippen LogP contribution < -0.4 is 11.2 Å². The average molecular weight is 423 g/mol. The van der Waals surface area contributed by atoms with Crippen LogP contribution in [0.15, 0.2) is 56.3 Å². The Morgan fingerprint density at radius 2 is 2.00 bits per heavy atom. The monoisotopic (exact) mass is 423 g/mol. The molecule has 30 heavy (non-hydrogen) atoms. The molecular formula is C21H21N5O3S. The molecule has 9 heteroatoms. The zero-order chi connectivity index (χ0) is 21.3. The van der Waals surface area contributed by atoms with Crippen LogP contribution in [0.3, 0.4) is 0 Å². The van der Waals surface area contributed by atoms with Crippen molar-refractivity contribution in [2.45, 2.75) is 35.7 Å². The molecule has 4 rings (SSSR count). The molecule has 1 aliphatic heterocycles. The van der Waals surface area contributed by atoms with E-state index in [1.165, 1.54) is 11.6 Å². The van der Waals surface area contributed by atoms with Gasteiger partial charge in [0.05, 0.1) is 24.5 Å². The zero-order valence-electron chi connectivity index (χ0n) is 16.7. The van der Waals surface area contributed by atoms with Crippen LogP contribution in [0.1, 0.15) is 18.4 Å².